The van der Waals surface area contributed by atoms with Crippen molar-refractivity contribution in [3.63, 3.8) is 0 Å². The fourth-order valence-electron chi connectivity index (χ4n) is 2.25. The van der Waals surface area contributed by atoms with E-state index in [1.807, 2.05) is 19.9 Å². The van der Waals surface area contributed by atoms with E-state index in [9.17, 15) is 0 Å². The van der Waals surface area contributed by atoms with Crippen molar-refractivity contribution in [1.82, 2.24) is 14.9 Å². The van der Waals surface area contributed by atoms with Gasteiger partial charge in [-0.3, -0.25) is 0 Å². The first kappa shape index (κ1) is 15.4. The Morgan fingerprint density at radius 3 is 2.38 bits per heavy atom. The first-order valence-electron chi connectivity index (χ1n) is 7.39. The van der Waals surface area contributed by atoms with Gasteiger partial charge < -0.3 is 10.2 Å². The molecule has 1 aromatic carbocycles. The monoisotopic (exact) mass is 284 g/mol. The standard InChI is InChI=1S/C17H24N4/c1-5-21(4)12-16-8-6-7-15(10-16)11-18-17-19-13(2)9-14(3)20-17/h6-10H,5,11-12H2,1-4H3,(H,18,19,20). The number of nitrogens with one attached hydrogen (secondary N) is 1. The van der Waals surface area contributed by atoms with Crippen LogP contribution in [0.2, 0.25) is 0 Å². The van der Waals surface area contributed by atoms with Crippen LogP contribution < -0.4 is 5.32 Å². The van der Waals surface area contributed by atoms with Crippen molar-refractivity contribution in [3.05, 3.63) is 52.8 Å². The minimum atomic E-state index is 0.698. The molecule has 2 rings (SSSR count). The Hall–Kier alpha value is -1.94. The Morgan fingerprint density at radius 2 is 1.71 bits per heavy atom. The Labute approximate surface area is 127 Å². The smallest absolute Gasteiger partial charge is 0.223 e. The van der Waals surface area contributed by atoms with Crippen LogP contribution in [0.3, 0.4) is 0 Å². The van der Waals surface area contributed by atoms with E-state index < -0.39 is 0 Å². The predicted octanol–water partition coefficient (Wildman–Crippen LogP) is 3.16. The zero-order chi connectivity index (χ0) is 15.2. The van der Waals surface area contributed by atoms with Gasteiger partial charge in [0, 0.05) is 24.5 Å². The molecule has 21 heavy (non-hydrogen) atoms. The van der Waals surface area contributed by atoms with Crippen LogP contribution >= 0.6 is 0 Å². The first-order chi connectivity index (χ1) is 10.1. The van der Waals surface area contributed by atoms with Crippen LogP contribution in [0, 0.1) is 13.8 Å². The quantitative estimate of drug-likeness (QED) is 0.884. The second kappa shape index (κ2) is 7.18. The summed E-state index contributed by atoms with van der Waals surface area (Å²) in [6.07, 6.45) is 0. The molecule has 0 atom stereocenters. The zero-order valence-corrected chi connectivity index (χ0v) is 13.3. The molecule has 0 aliphatic heterocycles. The normalized spacial score (nSPS) is 10.9. The van der Waals surface area contributed by atoms with Crippen LogP contribution in [0.15, 0.2) is 30.3 Å². The van der Waals surface area contributed by atoms with E-state index in [1.165, 1.54) is 11.1 Å². The molecule has 0 fully saturated rings. The van der Waals surface area contributed by atoms with Gasteiger partial charge in [0.15, 0.2) is 0 Å². The van der Waals surface area contributed by atoms with Crippen molar-refractivity contribution in [1.29, 1.82) is 0 Å². The number of hydrogen-bond donors (Lipinski definition) is 1. The van der Waals surface area contributed by atoms with Crippen molar-refractivity contribution in [2.45, 2.75) is 33.9 Å². The van der Waals surface area contributed by atoms with Gasteiger partial charge in [0.2, 0.25) is 5.95 Å². The summed E-state index contributed by atoms with van der Waals surface area (Å²) in [7, 11) is 2.13. The van der Waals surface area contributed by atoms with E-state index in [0.29, 0.717) is 5.95 Å². The lowest BCUT2D eigenvalue weighted by molar-refractivity contribution is 0.345. The van der Waals surface area contributed by atoms with E-state index in [4.69, 9.17) is 0 Å². The van der Waals surface area contributed by atoms with Gasteiger partial charge in [-0.1, -0.05) is 31.2 Å². The summed E-state index contributed by atoms with van der Waals surface area (Å²) < 4.78 is 0. The second-order valence-electron chi connectivity index (χ2n) is 5.48. The zero-order valence-electron chi connectivity index (χ0n) is 13.3. The summed E-state index contributed by atoms with van der Waals surface area (Å²) >= 11 is 0. The molecule has 4 nitrogen and oxygen atoms in total. The SMILES string of the molecule is CCN(C)Cc1cccc(CNc2nc(C)cc(C)n2)c1. The minimum absolute atomic E-state index is 0.698. The van der Waals surface area contributed by atoms with E-state index in [-0.39, 0.29) is 0 Å². The average Bonchev–Trinajstić information content (AvgIpc) is 2.44. The molecular formula is C17H24N4. The maximum atomic E-state index is 4.40. The summed E-state index contributed by atoms with van der Waals surface area (Å²) in [5.74, 6) is 0.698. The van der Waals surface area contributed by atoms with Crippen molar-refractivity contribution < 1.29 is 0 Å². The molecule has 0 spiro atoms. The van der Waals surface area contributed by atoms with Crippen molar-refractivity contribution in [2.75, 3.05) is 18.9 Å². The van der Waals surface area contributed by atoms with Gasteiger partial charge >= 0.3 is 0 Å². The lowest BCUT2D eigenvalue weighted by atomic mass is 10.1. The van der Waals surface area contributed by atoms with Gasteiger partial charge in [-0.15, -0.1) is 0 Å². The molecule has 0 bridgehead atoms. The molecule has 0 unspecified atom stereocenters. The van der Waals surface area contributed by atoms with Gasteiger partial charge in [-0.2, -0.15) is 0 Å². The van der Waals surface area contributed by atoms with Crippen LogP contribution in [-0.4, -0.2) is 28.5 Å². The van der Waals surface area contributed by atoms with Crippen LogP contribution in [0.25, 0.3) is 0 Å². The van der Waals surface area contributed by atoms with Crippen LogP contribution in [0.1, 0.15) is 29.4 Å². The summed E-state index contributed by atoms with van der Waals surface area (Å²) in [5.41, 5.74) is 4.56. The van der Waals surface area contributed by atoms with E-state index in [1.54, 1.807) is 0 Å². The number of rotatable bonds is 6. The Morgan fingerprint density at radius 1 is 1.05 bits per heavy atom. The van der Waals surface area contributed by atoms with Gasteiger partial charge in [0.05, 0.1) is 0 Å². The molecule has 0 aliphatic rings. The first-order valence-corrected chi connectivity index (χ1v) is 7.39. The fourth-order valence-corrected chi connectivity index (χ4v) is 2.25. The third kappa shape index (κ3) is 4.83. The molecular weight excluding hydrogens is 260 g/mol. The van der Waals surface area contributed by atoms with E-state index in [2.05, 4.69) is 58.4 Å². The summed E-state index contributed by atoms with van der Waals surface area (Å²) in [5, 5.41) is 3.30. The molecule has 1 N–H and O–H groups in total. The summed E-state index contributed by atoms with van der Waals surface area (Å²) in [4.78, 5) is 11.1. The molecule has 4 heteroatoms. The molecule has 0 saturated heterocycles. The molecule has 0 amide bonds. The topological polar surface area (TPSA) is 41.0 Å². The second-order valence-corrected chi connectivity index (χ2v) is 5.48. The average molecular weight is 284 g/mol. The molecule has 1 aromatic heterocycles. The van der Waals surface area contributed by atoms with Crippen molar-refractivity contribution >= 4 is 5.95 Å². The van der Waals surface area contributed by atoms with Crippen LogP contribution in [0.4, 0.5) is 5.95 Å². The Bertz CT molecular complexity index is 575. The van der Waals surface area contributed by atoms with E-state index >= 15 is 0 Å². The Kier molecular flexibility index (Phi) is 5.28. The number of anilines is 1. The number of aryl methyl sites for hydroxylation is 2. The van der Waals surface area contributed by atoms with Crippen LogP contribution in [0.5, 0.6) is 0 Å². The summed E-state index contributed by atoms with van der Waals surface area (Å²) in [6, 6.07) is 10.6. The number of nitrogens with zero attached hydrogens (tertiary/aromatic N) is 3. The highest BCUT2D eigenvalue weighted by atomic mass is 15.1. The molecule has 2 aromatic rings. The molecule has 0 radical (unpaired) electrons. The highest BCUT2D eigenvalue weighted by Crippen LogP contribution is 2.10. The fraction of sp³-hybridized carbons (Fsp3) is 0.412. The third-order valence-corrected chi connectivity index (χ3v) is 3.42. The lowest BCUT2D eigenvalue weighted by Gasteiger charge is -2.14. The largest absolute Gasteiger partial charge is 0.350 e. The van der Waals surface area contributed by atoms with Gasteiger partial charge in [0.25, 0.3) is 0 Å². The maximum Gasteiger partial charge on any atom is 0.223 e. The molecule has 1 heterocycles. The van der Waals surface area contributed by atoms with Gasteiger partial charge in [-0.25, -0.2) is 9.97 Å². The number of hydrogen-bond acceptors (Lipinski definition) is 4. The predicted molar refractivity (Wildman–Crippen MR) is 87.3 cm³/mol. The highest BCUT2D eigenvalue weighted by Gasteiger charge is 2.02. The van der Waals surface area contributed by atoms with Gasteiger partial charge in [-0.05, 0) is 44.6 Å². The summed E-state index contributed by atoms with van der Waals surface area (Å²) in [6.45, 7) is 8.92. The lowest BCUT2D eigenvalue weighted by Crippen LogP contribution is -2.16. The molecule has 112 valence electrons. The highest BCUT2D eigenvalue weighted by molar-refractivity contribution is 5.31. The van der Waals surface area contributed by atoms with Gasteiger partial charge in [0.1, 0.15) is 0 Å². The van der Waals surface area contributed by atoms with Crippen LogP contribution in [-0.2, 0) is 13.1 Å². The number of benzene rings is 1. The van der Waals surface area contributed by atoms with E-state index in [0.717, 1.165) is 31.0 Å². The van der Waals surface area contributed by atoms with Crippen molar-refractivity contribution in [2.24, 2.45) is 0 Å². The van der Waals surface area contributed by atoms with Crippen molar-refractivity contribution in [3.8, 4) is 0 Å². The minimum Gasteiger partial charge on any atom is -0.350 e. The number of aromatic nitrogens is 2. The third-order valence-electron chi connectivity index (χ3n) is 3.42. The Balaban J connectivity index is 2.01. The molecule has 0 aliphatic carbocycles. The molecule has 0 saturated carbocycles. The maximum absolute atomic E-state index is 4.40.